The molecule has 0 aromatic heterocycles. The number of piperidine rings is 1. The van der Waals surface area contributed by atoms with Crippen molar-refractivity contribution in [2.45, 2.75) is 45.2 Å². The molecule has 2 aromatic rings. The zero-order chi connectivity index (χ0) is 23.1. The summed E-state index contributed by atoms with van der Waals surface area (Å²) in [4.78, 5) is 38.7. The zero-order valence-electron chi connectivity index (χ0n) is 18.4. The number of benzene rings is 2. The monoisotopic (exact) mass is 456 g/mol. The topological polar surface area (TPSA) is 90.5 Å². The molecule has 32 heavy (non-hydrogen) atoms. The van der Waals surface area contributed by atoms with Gasteiger partial charge < -0.3 is 20.9 Å². The molecule has 8 heteroatoms. The van der Waals surface area contributed by atoms with Gasteiger partial charge in [0.2, 0.25) is 11.8 Å². The molecular weight excluding hydrogens is 428 g/mol. The van der Waals surface area contributed by atoms with Crippen LogP contribution in [-0.4, -0.2) is 47.9 Å². The minimum atomic E-state index is -0.639. The van der Waals surface area contributed by atoms with Gasteiger partial charge in [0.05, 0.1) is 0 Å². The average molecular weight is 457 g/mol. The largest absolute Gasteiger partial charge is 0.351 e. The summed E-state index contributed by atoms with van der Waals surface area (Å²) >= 11 is 5.97. The smallest absolute Gasteiger partial charge is 0.321 e. The van der Waals surface area contributed by atoms with Crippen LogP contribution in [0.25, 0.3) is 0 Å². The lowest BCUT2D eigenvalue weighted by molar-refractivity contribution is -0.128. The Morgan fingerprint density at radius 2 is 1.78 bits per heavy atom. The number of hydrogen-bond donors (Lipinski definition) is 3. The van der Waals surface area contributed by atoms with Crippen molar-refractivity contribution in [3.63, 3.8) is 0 Å². The zero-order valence-corrected chi connectivity index (χ0v) is 19.1. The molecule has 1 atom stereocenters. The molecule has 7 nitrogen and oxygen atoms in total. The van der Waals surface area contributed by atoms with Crippen molar-refractivity contribution in [3.8, 4) is 0 Å². The number of nitrogens with zero attached hydrogens (tertiary/aromatic N) is 1. The minimum absolute atomic E-state index is 0.0491. The third kappa shape index (κ3) is 6.99. The van der Waals surface area contributed by atoms with Crippen LogP contribution in [0.2, 0.25) is 5.02 Å². The molecule has 3 rings (SSSR count). The van der Waals surface area contributed by atoms with Crippen molar-refractivity contribution in [2.75, 3.05) is 18.4 Å². The average Bonchev–Trinajstić information content (AvgIpc) is 2.75. The Hall–Kier alpha value is -3.06. The molecule has 3 N–H and O–H groups in total. The van der Waals surface area contributed by atoms with Crippen molar-refractivity contribution in [2.24, 2.45) is 0 Å². The third-order valence-electron chi connectivity index (χ3n) is 5.46. The number of amides is 4. The summed E-state index contributed by atoms with van der Waals surface area (Å²) < 4.78 is 0. The second-order valence-electron chi connectivity index (χ2n) is 8.15. The highest BCUT2D eigenvalue weighted by Gasteiger charge is 2.27. The van der Waals surface area contributed by atoms with Crippen LogP contribution in [0.5, 0.6) is 0 Å². The number of rotatable bonds is 6. The number of anilines is 1. The fourth-order valence-corrected chi connectivity index (χ4v) is 3.90. The maximum Gasteiger partial charge on any atom is 0.321 e. The summed E-state index contributed by atoms with van der Waals surface area (Å²) in [6, 6.07) is 14.0. The van der Waals surface area contributed by atoms with E-state index in [-0.39, 0.29) is 23.9 Å². The van der Waals surface area contributed by atoms with Crippen LogP contribution in [0.4, 0.5) is 10.5 Å². The van der Waals surface area contributed by atoms with Crippen molar-refractivity contribution in [3.05, 3.63) is 64.7 Å². The SMILES string of the molecule is CC(=O)N[C@@H](Cc1ccc(C)cc1)C(=O)NC1CCN(C(=O)Nc2cccc(Cl)c2)CC1. The highest BCUT2D eigenvalue weighted by molar-refractivity contribution is 6.30. The summed E-state index contributed by atoms with van der Waals surface area (Å²) in [7, 11) is 0. The van der Waals surface area contributed by atoms with Crippen LogP contribution in [-0.2, 0) is 16.0 Å². The van der Waals surface area contributed by atoms with Crippen LogP contribution in [0.15, 0.2) is 48.5 Å². The molecule has 1 heterocycles. The Balaban J connectivity index is 1.51. The molecule has 4 amide bonds. The lowest BCUT2D eigenvalue weighted by atomic mass is 10.0. The first kappa shape index (κ1) is 23.6. The summed E-state index contributed by atoms with van der Waals surface area (Å²) in [5.74, 6) is -0.452. The van der Waals surface area contributed by atoms with Crippen LogP contribution < -0.4 is 16.0 Å². The molecule has 1 aliphatic heterocycles. The molecular formula is C24H29ClN4O3. The van der Waals surface area contributed by atoms with Gasteiger partial charge >= 0.3 is 6.03 Å². The van der Waals surface area contributed by atoms with Gasteiger partial charge in [0.25, 0.3) is 0 Å². The Kier molecular flexibility index (Phi) is 8.11. The molecule has 2 aromatic carbocycles. The van der Waals surface area contributed by atoms with E-state index in [1.54, 1.807) is 29.2 Å². The highest BCUT2D eigenvalue weighted by atomic mass is 35.5. The van der Waals surface area contributed by atoms with Gasteiger partial charge in [0.15, 0.2) is 0 Å². The van der Waals surface area contributed by atoms with Gasteiger partial charge in [0, 0.05) is 43.2 Å². The molecule has 0 saturated carbocycles. The van der Waals surface area contributed by atoms with Crippen molar-refractivity contribution < 1.29 is 14.4 Å². The third-order valence-corrected chi connectivity index (χ3v) is 5.69. The molecule has 0 spiro atoms. The van der Waals surface area contributed by atoms with E-state index in [9.17, 15) is 14.4 Å². The van der Waals surface area contributed by atoms with Gasteiger partial charge in [-0.15, -0.1) is 0 Å². The number of likely N-dealkylation sites (tertiary alicyclic amines) is 1. The van der Waals surface area contributed by atoms with E-state index in [4.69, 9.17) is 11.6 Å². The second kappa shape index (κ2) is 11.0. The number of carbonyl (C=O) groups is 3. The van der Waals surface area contributed by atoms with E-state index in [2.05, 4.69) is 16.0 Å². The van der Waals surface area contributed by atoms with Gasteiger partial charge in [-0.05, 0) is 43.5 Å². The molecule has 0 bridgehead atoms. The van der Waals surface area contributed by atoms with Gasteiger partial charge in [-0.2, -0.15) is 0 Å². The summed E-state index contributed by atoms with van der Waals surface area (Å²) in [5.41, 5.74) is 2.77. The van der Waals surface area contributed by atoms with E-state index in [1.165, 1.54) is 6.92 Å². The molecule has 170 valence electrons. The van der Waals surface area contributed by atoms with E-state index in [1.807, 2.05) is 31.2 Å². The summed E-state index contributed by atoms with van der Waals surface area (Å²) in [6.07, 6.45) is 1.71. The number of aryl methyl sites for hydroxylation is 1. The number of urea groups is 1. The fourth-order valence-electron chi connectivity index (χ4n) is 3.71. The Morgan fingerprint density at radius 3 is 2.41 bits per heavy atom. The van der Waals surface area contributed by atoms with Gasteiger partial charge in [-0.3, -0.25) is 9.59 Å². The number of carbonyl (C=O) groups excluding carboxylic acids is 3. The first-order valence-corrected chi connectivity index (χ1v) is 11.1. The maximum absolute atomic E-state index is 12.9. The van der Waals surface area contributed by atoms with Gasteiger partial charge in [-0.25, -0.2) is 4.79 Å². The molecule has 0 radical (unpaired) electrons. The summed E-state index contributed by atoms with van der Waals surface area (Å²) in [6.45, 7) is 4.47. The maximum atomic E-state index is 12.9. The standard InChI is InChI=1S/C24H29ClN4O3/c1-16-6-8-18(9-7-16)14-22(26-17(2)30)23(31)27-20-10-12-29(13-11-20)24(32)28-21-5-3-4-19(25)15-21/h3-9,15,20,22H,10-14H2,1-2H3,(H,26,30)(H,27,31)(H,28,32)/t22-/m0/s1. The summed E-state index contributed by atoms with van der Waals surface area (Å²) in [5, 5.41) is 9.20. The van der Waals surface area contributed by atoms with Crippen LogP contribution >= 0.6 is 11.6 Å². The molecule has 0 unspecified atom stereocenters. The van der Waals surface area contributed by atoms with Crippen LogP contribution in [0.3, 0.4) is 0 Å². The Labute approximate surface area is 193 Å². The molecule has 1 fully saturated rings. The van der Waals surface area contributed by atoms with Crippen LogP contribution in [0, 0.1) is 6.92 Å². The first-order valence-electron chi connectivity index (χ1n) is 10.7. The number of halogens is 1. The second-order valence-corrected chi connectivity index (χ2v) is 8.59. The van der Waals surface area contributed by atoms with E-state index >= 15 is 0 Å². The normalized spacial score (nSPS) is 15.0. The quantitative estimate of drug-likeness (QED) is 0.621. The molecule has 0 aliphatic carbocycles. The highest BCUT2D eigenvalue weighted by Crippen LogP contribution is 2.17. The Bertz CT molecular complexity index is 956. The van der Waals surface area contributed by atoms with Gasteiger partial charge in [0.1, 0.15) is 6.04 Å². The van der Waals surface area contributed by atoms with Crippen LogP contribution in [0.1, 0.15) is 30.9 Å². The predicted molar refractivity (Wildman–Crippen MR) is 126 cm³/mol. The van der Waals surface area contributed by atoms with Crippen molar-refractivity contribution in [1.82, 2.24) is 15.5 Å². The lowest BCUT2D eigenvalue weighted by Gasteiger charge is -2.33. The fraction of sp³-hybridized carbons (Fsp3) is 0.375. The Morgan fingerprint density at radius 1 is 1.09 bits per heavy atom. The van der Waals surface area contributed by atoms with E-state index in [0.29, 0.717) is 43.1 Å². The predicted octanol–water partition coefficient (Wildman–Crippen LogP) is 3.51. The van der Waals surface area contributed by atoms with E-state index < -0.39 is 6.04 Å². The molecule has 1 aliphatic rings. The minimum Gasteiger partial charge on any atom is -0.351 e. The molecule has 1 saturated heterocycles. The van der Waals surface area contributed by atoms with Gasteiger partial charge in [-0.1, -0.05) is 47.5 Å². The number of hydrogen-bond acceptors (Lipinski definition) is 3. The lowest BCUT2D eigenvalue weighted by Crippen LogP contribution is -2.53. The number of nitrogens with one attached hydrogen (secondary N) is 3. The van der Waals surface area contributed by atoms with Crippen molar-refractivity contribution in [1.29, 1.82) is 0 Å². The van der Waals surface area contributed by atoms with Crippen molar-refractivity contribution >= 4 is 35.1 Å². The van der Waals surface area contributed by atoms with E-state index in [0.717, 1.165) is 11.1 Å². The first-order chi connectivity index (χ1) is 15.3.